The minimum Gasteiger partial charge on any atom is -0.350 e. The van der Waals surface area contributed by atoms with Crippen LogP contribution in [0.3, 0.4) is 0 Å². The summed E-state index contributed by atoms with van der Waals surface area (Å²) in [6.07, 6.45) is 0. The number of aromatic nitrogens is 2. The Labute approximate surface area is 137 Å². The van der Waals surface area contributed by atoms with Gasteiger partial charge in [0.05, 0.1) is 0 Å². The Morgan fingerprint density at radius 3 is 2.13 bits per heavy atom. The molecule has 5 nitrogen and oxygen atoms in total. The van der Waals surface area contributed by atoms with Gasteiger partial charge in [-0.2, -0.15) is 0 Å². The first-order valence-electron chi connectivity index (χ1n) is 7.97. The molecule has 0 aliphatic heterocycles. The molecule has 0 aliphatic carbocycles. The van der Waals surface area contributed by atoms with Crippen LogP contribution >= 0.6 is 0 Å². The van der Waals surface area contributed by atoms with Crippen LogP contribution in [0.5, 0.6) is 0 Å². The third-order valence-corrected chi connectivity index (χ3v) is 3.68. The fourth-order valence-corrected chi connectivity index (χ4v) is 2.44. The highest BCUT2D eigenvalue weighted by Gasteiger charge is 2.11. The van der Waals surface area contributed by atoms with Gasteiger partial charge in [-0.1, -0.05) is 12.1 Å². The molecule has 5 heteroatoms. The van der Waals surface area contributed by atoms with Crippen molar-refractivity contribution in [2.24, 2.45) is 0 Å². The van der Waals surface area contributed by atoms with E-state index in [9.17, 15) is 4.79 Å². The van der Waals surface area contributed by atoms with Crippen molar-refractivity contribution in [1.29, 1.82) is 0 Å². The number of nitrogens with one attached hydrogen (secondary N) is 1. The van der Waals surface area contributed by atoms with E-state index in [1.807, 2.05) is 62.9 Å². The van der Waals surface area contributed by atoms with Gasteiger partial charge in [0, 0.05) is 36.6 Å². The second-order valence-electron chi connectivity index (χ2n) is 5.50. The minimum atomic E-state index is 0.0761. The highest BCUT2D eigenvalue weighted by Crippen LogP contribution is 2.10. The lowest BCUT2D eigenvalue weighted by molar-refractivity contribution is 0.0773. The molecule has 0 aliphatic rings. The van der Waals surface area contributed by atoms with Gasteiger partial charge in [-0.3, -0.25) is 4.79 Å². The van der Waals surface area contributed by atoms with Gasteiger partial charge in [0.2, 0.25) is 5.95 Å². The summed E-state index contributed by atoms with van der Waals surface area (Å²) in [4.78, 5) is 22.8. The van der Waals surface area contributed by atoms with Gasteiger partial charge in [0.25, 0.3) is 5.91 Å². The number of amides is 1. The molecule has 0 saturated carbocycles. The van der Waals surface area contributed by atoms with Gasteiger partial charge in [-0.25, -0.2) is 9.97 Å². The zero-order chi connectivity index (χ0) is 16.8. The summed E-state index contributed by atoms with van der Waals surface area (Å²) in [5.74, 6) is 0.706. The van der Waals surface area contributed by atoms with Crippen molar-refractivity contribution < 1.29 is 4.79 Å². The van der Waals surface area contributed by atoms with Crippen molar-refractivity contribution in [3.63, 3.8) is 0 Å². The molecule has 23 heavy (non-hydrogen) atoms. The quantitative estimate of drug-likeness (QED) is 0.890. The van der Waals surface area contributed by atoms with Crippen LogP contribution in [0.25, 0.3) is 0 Å². The van der Waals surface area contributed by atoms with Crippen LogP contribution in [0.1, 0.15) is 41.2 Å². The lowest BCUT2D eigenvalue weighted by Crippen LogP contribution is -2.30. The maximum Gasteiger partial charge on any atom is 0.253 e. The molecule has 1 amide bonds. The van der Waals surface area contributed by atoms with E-state index in [-0.39, 0.29) is 5.91 Å². The third kappa shape index (κ3) is 4.52. The average Bonchev–Trinajstić information content (AvgIpc) is 2.53. The van der Waals surface area contributed by atoms with Gasteiger partial charge in [0.15, 0.2) is 0 Å². The standard InChI is InChI=1S/C18H24N4O/c1-5-22(6-2)17(23)16-9-7-15(8-10-16)12-19-18-20-13(3)11-14(4)21-18/h7-11H,5-6,12H2,1-4H3,(H,19,20,21). The van der Waals surface area contributed by atoms with Gasteiger partial charge in [-0.15, -0.1) is 0 Å². The van der Waals surface area contributed by atoms with Crippen LogP contribution in [0.4, 0.5) is 5.95 Å². The van der Waals surface area contributed by atoms with Crippen LogP contribution < -0.4 is 5.32 Å². The molecule has 1 heterocycles. The molecule has 0 unspecified atom stereocenters. The van der Waals surface area contributed by atoms with Crippen LogP contribution in [0.2, 0.25) is 0 Å². The van der Waals surface area contributed by atoms with Crippen molar-refractivity contribution in [1.82, 2.24) is 14.9 Å². The number of aryl methyl sites for hydroxylation is 2. The molecule has 0 radical (unpaired) electrons. The second-order valence-corrected chi connectivity index (χ2v) is 5.50. The van der Waals surface area contributed by atoms with Crippen molar-refractivity contribution in [3.05, 3.63) is 52.8 Å². The van der Waals surface area contributed by atoms with Crippen LogP contribution in [0, 0.1) is 13.8 Å². The van der Waals surface area contributed by atoms with Crippen LogP contribution in [-0.4, -0.2) is 33.9 Å². The van der Waals surface area contributed by atoms with Crippen LogP contribution in [-0.2, 0) is 6.54 Å². The fourth-order valence-electron chi connectivity index (χ4n) is 2.44. The summed E-state index contributed by atoms with van der Waals surface area (Å²) < 4.78 is 0. The smallest absolute Gasteiger partial charge is 0.253 e. The predicted molar refractivity (Wildman–Crippen MR) is 92.5 cm³/mol. The highest BCUT2D eigenvalue weighted by molar-refractivity contribution is 5.94. The predicted octanol–water partition coefficient (Wildman–Crippen LogP) is 3.19. The van der Waals surface area contributed by atoms with Crippen molar-refractivity contribution >= 4 is 11.9 Å². The van der Waals surface area contributed by atoms with E-state index in [0.717, 1.165) is 35.6 Å². The van der Waals surface area contributed by atoms with Gasteiger partial charge >= 0.3 is 0 Å². The number of carbonyl (C=O) groups is 1. The zero-order valence-corrected chi connectivity index (χ0v) is 14.3. The normalized spacial score (nSPS) is 10.4. The van der Waals surface area contributed by atoms with Gasteiger partial charge < -0.3 is 10.2 Å². The summed E-state index contributed by atoms with van der Waals surface area (Å²) in [7, 11) is 0. The van der Waals surface area contributed by atoms with Crippen molar-refractivity contribution in [3.8, 4) is 0 Å². The minimum absolute atomic E-state index is 0.0761. The number of rotatable bonds is 6. The Morgan fingerprint density at radius 1 is 1.04 bits per heavy atom. The van der Waals surface area contributed by atoms with E-state index >= 15 is 0 Å². The van der Waals surface area contributed by atoms with E-state index in [1.165, 1.54) is 0 Å². The van der Waals surface area contributed by atoms with Crippen molar-refractivity contribution in [2.45, 2.75) is 34.2 Å². The first kappa shape index (κ1) is 16.9. The summed E-state index contributed by atoms with van der Waals surface area (Å²) in [6, 6.07) is 9.62. The SMILES string of the molecule is CCN(CC)C(=O)c1ccc(CNc2nc(C)cc(C)n2)cc1. The zero-order valence-electron chi connectivity index (χ0n) is 14.3. The third-order valence-electron chi connectivity index (χ3n) is 3.68. The first-order chi connectivity index (χ1) is 11.0. The first-order valence-corrected chi connectivity index (χ1v) is 7.97. The van der Waals surface area contributed by atoms with Gasteiger partial charge in [0.1, 0.15) is 0 Å². The molecule has 0 bridgehead atoms. The van der Waals surface area contributed by atoms with Crippen LogP contribution in [0.15, 0.2) is 30.3 Å². The molecule has 1 aromatic carbocycles. The molecular weight excluding hydrogens is 288 g/mol. The monoisotopic (exact) mass is 312 g/mol. The Kier molecular flexibility index (Phi) is 5.68. The Bertz CT molecular complexity index is 643. The highest BCUT2D eigenvalue weighted by atomic mass is 16.2. The van der Waals surface area contributed by atoms with E-state index in [1.54, 1.807) is 0 Å². The molecule has 1 N–H and O–H groups in total. The molecule has 1 aromatic heterocycles. The van der Waals surface area contributed by atoms with E-state index < -0.39 is 0 Å². The Morgan fingerprint density at radius 2 is 1.61 bits per heavy atom. The molecule has 2 aromatic rings. The number of anilines is 1. The lowest BCUT2D eigenvalue weighted by atomic mass is 10.1. The molecular formula is C18H24N4O. The maximum absolute atomic E-state index is 12.3. The summed E-state index contributed by atoms with van der Waals surface area (Å²) in [5, 5.41) is 3.22. The average molecular weight is 312 g/mol. The Balaban J connectivity index is 2.01. The number of carbonyl (C=O) groups excluding carboxylic acids is 1. The molecule has 122 valence electrons. The maximum atomic E-state index is 12.3. The molecule has 0 spiro atoms. The fraction of sp³-hybridized carbons (Fsp3) is 0.389. The van der Waals surface area contributed by atoms with Gasteiger partial charge in [-0.05, 0) is 51.5 Å². The molecule has 0 atom stereocenters. The molecule has 0 saturated heterocycles. The lowest BCUT2D eigenvalue weighted by Gasteiger charge is -2.18. The summed E-state index contributed by atoms with van der Waals surface area (Å²) in [6.45, 7) is 9.96. The van der Waals surface area contributed by atoms with E-state index in [0.29, 0.717) is 12.5 Å². The van der Waals surface area contributed by atoms with E-state index in [4.69, 9.17) is 0 Å². The summed E-state index contributed by atoms with van der Waals surface area (Å²) >= 11 is 0. The number of benzene rings is 1. The second kappa shape index (κ2) is 7.72. The number of hydrogen-bond acceptors (Lipinski definition) is 4. The largest absolute Gasteiger partial charge is 0.350 e. The van der Waals surface area contributed by atoms with E-state index in [2.05, 4.69) is 15.3 Å². The topological polar surface area (TPSA) is 58.1 Å². The molecule has 2 rings (SSSR count). The number of nitrogens with zero attached hydrogens (tertiary/aromatic N) is 3. The van der Waals surface area contributed by atoms with Crippen molar-refractivity contribution in [2.75, 3.05) is 18.4 Å². The Hall–Kier alpha value is -2.43. The molecule has 0 fully saturated rings. The summed E-state index contributed by atoms with van der Waals surface area (Å²) in [5.41, 5.74) is 3.70. The number of hydrogen-bond donors (Lipinski definition) is 1.